The molecule has 0 unspecified atom stereocenters. The van der Waals surface area contributed by atoms with Crippen LogP contribution in [-0.4, -0.2) is 19.5 Å². The molecule has 0 aliphatic carbocycles. The number of ether oxygens (including phenoxy) is 1. The van der Waals surface area contributed by atoms with Gasteiger partial charge in [-0.2, -0.15) is 0 Å². The van der Waals surface area contributed by atoms with E-state index in [0.29, 0.717) is 5.75 Å². The second kappa shape index (κ2) is 7.89. The van der Waals surface area contributed by atoms with Gasteiger partial charge >= 0.3 is 6.36 Å². The van der Waals surface area contributed by atoms with Crippen LogP contribution in [0.3, 0.4) is 0 Å². The van der Waals surface area contributed by atoms with E-state index in [2.05, 4.69) is 16.1 Å². The second-order valence-corrected chi connectivity index (χ2v) is 7.14. The minimum absolute atomic E-state index is 0.209. The van der Waals surface area contributed by atoms with Crippen molar-refractivity contribution in [3.05, 3.63) is 58.1 Å². The van der Waals surface area contributed by atoms with Gasteiger partial charge in [0, 0.05) is 10.6 Å². The SMILES string of the molecule is FC(F)(F)Oc1ccc(CSc2c(Cl)ccc3c2CCNCC3)cc1. The largest absolute Gasteiger partial charge is 0.573 e. The quantitative estimate of drug-likeness (QED) is 0.727. The Bertz CT molecular complexity index is 734. The lowest BCUT2D eigenvalue weighted by atomic mass is 10.0. The average Bonchev–Trinajstić information content (AvgIpc) is 2.79. The van der Waals surface area contributed by atoms with E-state index in [0.717, 1.165) is 41.4 Å². The zero-order chi connectivity index (χ0) is 17.9. The van der Waals surface area contributed by atoms with Crippen LogP contribution in [0, 0.1) is 0 Å². The van der Waals surface area contributed by atoms with Crippen LogP contribution in [0.2, 0.25) is 5.02 Å². The molecule has 1 N–H and O–H groups in total. The summed E-state index contributed by atoms with van der Waals surface area (Å²) in [6.45, 7) is 1.88. The summed E-state index contributed by atoms with van der Waals surface area (Å²) in [5.74, 6) is 0.426. The van der Waals surface area contributed by atoms with Crippen molar-refractivity contribution < 1.29 is 17.9 Å². The number of halogens is 4. The fourth-order valence-electron chi connectivity index (χ4n) is 2.81. The molecule has 0 amide bonds. The first kappa shape index (κ1) is 18.4. The van der Waals surface area contributed by atoms with Gasteiger partial charge in [-0.1, -0.05) is 29.8 Å². The molecule has 0 bridgehead atoms. The van der Waals surface area contributed by atoms with Crippen LogP contribution in [0.4, 0.5) is 13.2 Å². The molecule has 0 radical (unpaired) electrons. The molecule has 1 aliphatic rings. The van der Waals surface area contributed by atoms with Gasteiger partial charge in [-0.3, -0.25) is 0 Å². The molecule has 0 saturated carbocycles. The molecule has 0 aromatic heterocycles. The van der Waals surface area contributed by atoms with Gasteiger partial charge in [-0.25, -0.2) is 0 Å². The molecule has 3 rings (SSSR count). The molecule has 2 aromatic rings. The van der Waals surface area contributed by atoms with Gasteiger partial charge in [0.15, 0.2) is 0 Å². The first-order valence-corrected chi connectivity index (χ1v) is 9.27. The number of nitrogens with one attached hydrogen (secondary N) is 1. The van der Waals surface area contributed by atoms with E-state index in [9.17, 15) is 13.2 Å². The van der Waals surface area contributed by atoms with Gasteiger partial charge in [0.1, 0.15) is 5.75 Å². The number of thioether (sulfide) groups is 1. The average molecular weight is 388 g/mol. The lowest BCUT2D eigenvalue weighted by Gasteiger charge is -2.14. The first-order chi connectivity index (χ1) is 11.9. The van der Waals surface area contributed by atoms with E-state index in [4.69, 9.17) is 11.6 Å². The van der Waals surface area contributed by atoms with E-state index in [1.807, 2.05) is 6.07 Å². The standard InChI is InChI=1S/C18H17ClF3NOS/c19-16-6-3-13-7-9-23-10-8-15(13)17(16)25-11-12-1-4-14(5-2-12)24-18(20,21)22/h1-6,23H,7-11H2. The highest BCUT2D eigenvalue weighted by atomic mass is 35.5. The number of fused-ring (bicyclic) bond motifs is 1. The Morgan fingerprint density at radius 1 is 1.04 bits per heavy atom. The van der Waals surface area contributed by atoms with Crippen molar-refractivity contribution in [3.8, 4) is 5.75 Å². The molecule has 0 saturated heterocycles. The summed E-state index contributed by atoms with van der Waals surface area (Å²) in [6, 6.07) is 9.96. The smallest absolute Gasteiger partial charge is 0.406 e. The fraction of sp³-hybridized carbons (Fsp3) is 0.333. The molecular formula is C18H17ClF3NOS. The van der Waals surface area contributed by atoms with E-state index in [1.54, 1.807) is 23.9 Å². The Morgan fingerprint density at radius 2 is 1.76 bits per heavy atom. The minimum atomic E-state index is -4.67. The molecule has 0 fully saturated rings. The van der Waals surface area contributed by atoms with E-state index < -0.39 is 6.36 Å². The third-order valence-electron chi connectivity index (χ3n) is 3.97. The van der Waals surface area contributed by atoms with Crippen LogP contribution in [0.1, 0.15) is 16.7 Å². The maximum absolute atomic E-state index is 12.2. The van der Waals surface area contributed by atoms with Crippen LogP contribution < -0.4 is 10.1 Å². The van der Waals surface area contributed by atoms with Crippen molar-refractivity contribution >= 4 is 23.4 Å². The lowest BCUT2D eigenvalue weighted by Crippen LogP contribution is -2.16. The van der Waals surface area contributed by atoms with Gasteiger partial charge in [0.2, 0.25) is 0 Å². The number of rotatable bonds is 4. The summed E-state index contributed by atoms with van der Waals surface area (Å²) in [5, 5.41) is 4.11. The van der Waals surface area contributed by atoms with Crippen molar-refractivity contribution in [2.24, 2.45) is 0 Å². The Kier molecular flexibility index (Phi) is 5.81. The number of alkyl halides is 3. The molecular weight excluding hydrogens is 371 g/mol. The van der Waals surface area contributed by atoms with Crippen LogP contribution in [0.25, 0.3) is 0 Å². The molecule has 1 heterocycles. The van der Waals surface area contributed by atoms with E-state index >= 15 is 0 Å². The minimum Gasteiger partial charge on any atom is -0.406 e. The van der Waals surface area contributed by atoms with Gasteiger partial charge < -0.3 is 10.1 Å². The van der Waals surface area contributed by atoms with Gasteiger partial charge in [-0.15, -0.1) is 24.9 Å². The number of hydrogen-bond donors (Lipinski definition) is 1. The maximum Gasteiger partial charge on any atom is 0.573 e. The monoisotopic (exact) mass is 387 g/mol. The molecule has 0 atom stereocenters. The second-order valence-electron chi connectivity index (χ2n) is 5.74. The zero-order valence-electron chi connectivity index (χ0n) is 13.3. The molecule has 25 heavy (non-hydrogen) atoms. The van der Waals surface area contributed by atoms with Crippen LogP contribution >= 0.6 is 23.4 Å². The Morgan fingerprint density at radius 3 is 2.48 bits per heavy atom. The summed E-state index contributed by atoms with van der Waals surface area (Å²) in [4.78, 5) is 1.07. The third kappa shape index (κ3) is 5.06. The first-order valence-electron chi connectivity index (χ1n) is 7.91. The molecule has 7 heteroatoms. The highest BCUT2D eigenvalue weighted by Crippen LogP contribution is 2.36. The summed E-state index contributed by atoms with van der Waals surface area (Å²) < 4.78 is 40.5. The molecule has 134 valence electrons. The normalized spacial score (nSPS) is 14.7. The molecule has 2 nitrogen and oxygen atoms in total. The number of hydrogen-bond acceptors (Lipinski definition) is 3. The van der Waals surface area contributed by atoms with Crippen LogP contribution in [-0.2, 0) is 18.6 Å². The Balaban J connectivity index is 1.71. The van der Waals surface area contributed by atoms with Crippen molar-refractivity contribution in [1.29, 1.82) is 0 Å². The summed E-state index contributed by atoms with van der Waals surface area (Å²) in [6.07, 6.45) is -2.76. The lowest BCUT2D eigenvalue weighted by molar-refractivity contribution is -0.274. The fourth-order valence-corrected chi connectivity index (χ4v) is 4.27. The predicted molar refractivity (Wildman–Crippen MR) is 94.4 cm³/mol. The van der Waals surface area contributed by atoms with Gasteiger partial charge in [-0.05, 0) is 60.8 Å². The topological polar surface area (TPSA) is 21.3 Å². The highest BCUT2D eigenvalue weighted by Gasteiger charge is 2.30. The highest BCUT2D eigenvalue weighted by molar-refractivity contribution is 7.98. The van der Waals surface area contributed by atoms with E-state index in [-0.39, 0.29) is 5.75 Å². The molecule has 1 aliphatic heterocycles. The number of benzene rings is 2. The summed E-state index contributed by atoms with van der Waals surface area (Å²) in [7, 11) is 0. The maximum atomic E-state index is 12.2. The van der Waals surface area contributed by atoms with Crippen molar-refractivity contribution in [2.75, 3.05) is 13.1 Å². The summed E-state index contributed by atoms with van der Waals surface area (Å²) >= 11 is 8.01. The Labute approximate surface area is 153 Å². The van der Waals surface area contributed by atoms with Crippen molar-refractivity contribution in [3.63, 3.8) is 0 Å². The Hall–Kier alpha value is -1.37. The van der Waals surface area contributed by atoms with E-state index in [1.165, 1.54) is 23.3 Å². The van der Waals surface area contributed by atoms with Crippen LogP contribution in [0.15, 0.2) is 41.3 Å². The van der Waals surface area contributed by atoms with Gasteiger partial charge in [0.25, 0.3) is 0 Å². The molecule has 0 spiro atoms. The predicted octanol–water partition coefficient (Wildman–Crippen LogP) is 5.22. The summed E-state index contributed by atoms with van der Waals surface area (Å²) in [5.41, 5.74) is 3.50. The van der Waals surface area contributed by atoms with Gasteiger partial charge in [0.05, 0.1) is 5.02 Å². The molecule has 2 aromatic carbocycles. The third-order valence-corrected chi connectivity index (χ3v) is 5.63. The van der Waals surface area contributed by atoms with Crippen molar-refractivity contribution in [1.82, 2.24) is 5.32 Å². The van der Waals surface area contributed by atoms with Crippen molar-refractivity contribution in [2.45, 2.75) is 29.9 Å². The zero-order valence-corrected chi connectivity index (χ0v) is 14.9. The van der Waals surface area contributed by atoms with Crippen LogP contribution in [0.5, 0.6) is 5.75 Å².